The molecule has 4 nitrogen and oxygen atoms in total. The van der Waals surface area contributed by atoms with Gasteiger partial charge in [0.1, 0.15) is 5.01 Å². The molecule has 0 N–H and O–H groups in total. The fraction of sp³-hybridized carbons (Fsp3) is 0.556. The smallest absolute Gasteiger partial charge is 0.221 e. The van der Waals surface area contributed by atoms with Gasteiger partial charge in [-0.1, -0.05) is 25.2 Å². The molecule has 1 aromatic rings. The highest BCUT2D eigenvalue weighted by Gasteiger charge is 2.20. The molecule has 1 rings (SSSR count). The summed E-state index contributed by atoms with van der Waals surface area (Å²) in [6.07, 6.45) is -1.51. The van der Waals surface area contributed by atoms with Crippen molar-refractivity contribution in [1.29, 1.82) is 0 Å². The van der Waals surface area contributed by atoms with E-state index in [1.54, 1.807) is 0 Å². The summed E-state index contributed by atoms with van der Waals surface area (Å²) in [6.45, 7) is 3.75. The van der Waals surface area contributed by atoms with Crippen LogP contribution in [0.3, 0.4) is 0 Å². The summed E-state index contributed by atoms with van der Waals surface area (Å²) in [7, 11) is -3.60. The van der Waals surface area contributed by atoms with E-state index in [0.29, 0.717) is 11.1 Å². The van der Waals surface area contributed by atoms with Crippen molar-refractivity contribution in [2.75, 3.05) is 5.75 Å². The van der Waals surface area contributed by atoms with E-state index in [-0.39, 0.29) is 22.4 Å². The van der Waals surface area contributed by atoms with Gasteiger partial charge in [0.05, 0.1) is 5.75 Å². The Bertz CT molecular complexity index is 505. The number of allylic oxidation sites excluding steroid dienone is 1. The molecule has 17 heavy (non-hydrogen) atoms. The minimum absolute atomic E-state index is 0.0969. The molecule has 8 heteroatoms. The van der Waals surface area contributed by atoms with Gasteiger partial charge in [-0.2, -0.15) is 8.78 Å². The molecule has 0 saturated carbocycles. The zero-order valence-corrected chi connectivity index (χ0v) is 11.0. The first-order chi connectivity index (χ1) is 7.83. The lowest BCUT2D eigenvalue weighted by Gasteiger charge is -1.96. The van der Waals surface area contributed by atoms with Crippen LogP contribution in [0.25, 0.3) is 0 Å². The number of halogens is 2. The standard InChI is InChI=1S/C9H12F2N2O2S2/c1-6(2)8-12-13-9(16-8)17(14,15)5-3-4-7(10)11/h4,6H,3,5H2,1-2H3. The monoisotopic (exact) mass is 282 g/mol. The van der Waals surface area contributed by atoms with Crippen LogP contribution in [0, 0.1) is 0 Å². The zero-order chi connectivity index (χ0) is 13.1. The van der Waals surface area contributed by atoms with Gasteiger partial charge in [-0.3, -0.25) is 0 Å². The van der Waals surface area contributed by atoms with Gasteiger partial charge in [0.25, 0.3) is 6.08 Å². The Morgan fingerprint density at radius 2 is 2.06 bits per heavy atom. The average molecular weight is 282 g/mol. The van der Waals surface area contributed by atoms with Crippen LogP contribution < -0.4 is 0 Å². The molecule has 0 aliphatic heterocycles. The third-order valence-electron chi connectivity index (χ3n) is 1.87. The van der Waals surface area contributed by atoms with Crippen LogP contribution in [0.4, 0.5) is 8.78 Å². The molecule has 0 bridgehead atoms. The first-order valence-corrected chi connectivity index (χ1v) is 7.37. The average Bonchev–Trinajstić information content (AvgIpc) is 2.65. The highest BCUT2D eigenvalue weighted by Crippen LogP contribution is 2.23. The molecule has 0 spiro atoms. The third kappa shape index (κ3) is 4.12. The van der Waals surface area contributed by atoms with Crippen LogP contribution in [-0.4, -0.2) is 24.4 Å². The van der Waals surface area contributed by atoms with E-state index in [1.807, 2.05) is 13.8 Å². The van der Waals surface area contributed by atoms with E-state index in [0.717, 1.165) is 11.3 Å². The maximum Gasteiger partial charge on any atom is 0.266 e. The predicted molar refractivity (Wildman–Crippen MR) is 61.0 cm³/mol. The SMILES string of the molecule is CC(C)c1nnc(S(=O)(=O)CCC=C(F)F)s1. The van der Waals surface area contributed by atoms with Crippen molar-refractivity contribution >= 4 is 21.2 Å². The topological polar surface area (TPSA) is 59.9 Å². The molecule has 0 unspecified atom stereocenters. The molecular formula is C9H12F2N2O2S2. The van der Waals surface area contributed by atoms with E-state index in [1.165, 1.54) is 0 Å². The van der Waals surface area contributed by atoms with Gasteiger partial charge in [-0.15, -0.1) is 10.2 Å². The Morgan fingerprint density at radius 1 is 1.41 bits per heavy atom. The molecule has 0 saturated heterocycles. The maximum absolute atomic E-state index is 11.8. The van der Waals surface area contributed by atoms with Crippen molar-refractivity contribution in [2.45, 2.75) is 30.5 Å². The number of nitrogens with zero attached hydrogens (tertiary/aromatic N) is 2. The Labute approximate surface area is 102 Å². The third-order valence-corrected chi connectivity index (χ3v) is 5.28. The van der Waals surface area contributed by atoms with Gasteiger partial charge >= 0.3 is 0 Å². The van der Waals surface area contributed by atoms with Crippen LogP contribution in [0.15, 0.2) is 16.5 Å². The van der Waals surface area contributed by atoms with Gasteiger partial charge in [0.2, 0.25) is 14.2 Å². The van der Waals surface area contributed by atoms with Crippen LogP contribution >= 0.6 is 11.3 Å². The Hall–Kier alpha value is -0.890. The molecule has 96 valence electrons. The summed E-state index contributed by atoms with van der Waals surface area (Å²) < 4.78 is 46.8. The summed E-state index contributed by atoms with van der Waals surface area (Å²) in [6, 6.07) is 0. The summed E-state index contributed by atoms with van der Waals surface area (Å²) in [5.74, 6) is -0.281. The van der Waals surface area contributed by atoms with Crippen molar-refractivity contribution in [3.8, 4) is 0 Å². The number of aromatic nitrogens is 2. The van der Waals surface area contributed by atoms with E-state index < -0.39 is 15.9 Å². The fourth-order valence-corrected chi connectivity index (χ4v) is 3.35. The van der Waals surface area contributed by atoms with E-state index in [4.69, 9.17) is 0 Å². The molecule has 1 aromatic heterocycles. The van der Waals surface area contributed by atoms with E-state index >= 15 is 0 Å². The van der Waals surface area contributed by atoms with Gasteiger partial charge in [0.15, 0.2) is 0 Å². The van der Waals surface area contributed by atoms with Crippen LogP contribution in [0.1, 0.15) is 31.2 Å². The van der Waals surface area contributed by atoms with Crippen molar-refractivity contribution in [3.63, 3.8) is 0 Å². The molecule has 0 atom stereocenters. The van der Waals surface area contributed by atoms with E-state index in [9.17, 15) is 17.2 Å². The summed E-state index contributed by atoms with van der Waals surface area (Å²) in [4.78, 5) is 0. The summed E-state index contributed by atoms with van der Waals surface area (Å²) in [5, 5.41) is 7.95. The molecule has 0 radical (unpaired) electrons. The molecule has 0 aliphatic rings. The number of rotatable bonds is 5. The largest absolute Gasteiger partial charge is 0.266 e. The van der Waals surface area contributed by atoms with Crippen molar-refractivity contribution in [3.05, 3.63) is 17.2 Å². The van der Waals surface area contributed by atoms with E-state index in [2.05, 4.69) is 10.2 Å². The lowest BCUT2D eigenvalue weighted by molar-refractivity contribution is 0.418. The molecule has 0 aromatic carbocycles. The Kier molecular flexibility index (Phi) is 4.70. The van der Waals surface area contributed by atoms with Crippen LogP contribution in [-0.2, 0) is 9.84 Å². The van der Waals surface area contributed by atoms with Gasteiger partial charge in [0, 0.05) is 5.92 Å². The first-order valence-electron chi connectivity index (χ1n) is 4.90. The van der Waals surface area contributed by atoms with Crippen LogP contribution in [0.2, 0.25) is 0 Å². The zero-order valence-electron chi connectivity index (χ0n) is 9.35. The quantitative estimate of drug-likeness (QED) is 0.833. The molecule has 1 heterocycles. The van der Waals surface area contributed by atoms with Crippen molar-refractivity contribution in [2.24, 2.45) is 0 Å². The lowest BCUT2D eigenvalue weighted by atomic mass is 10.2. The number of hydrogen-bond donors (Lipinski definition) is 0. The Balaban J connectivity index is 2.79. The Morgan fingerprint density at radius 3 is 2.53 bits per heavy atom. The van der Waals surface area contributed by atoms with Crippen molar-refractivity contribution < 1.29 is 17.2 Å². The molecule has 0 aliphatic carbocycles. The fourth-order valence-electron chi connectivity index (χ4n) is 0.990. The first kappa shape index (κ1) is 14.2. The van der Waals surface area contributed by atoms with Gasteiger partial charge < -0.3 is 0 Å². The maximum atomic E-state index is 11.8. The second-order valence-corrected chi connectivity index (χ2v) is 6.95. The van der Waals surface area contributed by atoms with Gasteiger partial charge in [-0.05, 0) is 12.5 Å². The second kappa shape index (κ2) is 5.63. The minimum Gasteiger partial charge on any atom is -0.221 e. The predicted octanol–water partition coefficient (Wildman–Crippen LogP) is 2.61. The van der Waals surface area contributed by atoms with Gasteiger partial charge in [-0.25, -0.2) is 8.42 Å². The molecule has 0 fully saturated rings. The second-order valence-electron chi connectivity index (χ2n) is 3.66. The molecule has 0 amide bonds. The minimum atomic E-state index is -3.60. The molecular weight excluding hydrogens is 270 g/mol. The highest BCUT2D eigenvalue weighted by atomic mass is 32.2. The summed E-state index contributed by atoms with van der Waals surface area (Å²) >= 11 is 0.988. The van der Waals surface area contributed by atoms with Crippen molar-refractivity contribution in [1.82, 2.24) is 10.2 Å². The lowest BCUT2D eigenvalue weighted by Crippen LogP contribution is -2.05. The summed E-state index contributed by atoms with van der Waals surface area (Å²) in [5.41, 5.74) is 0. The normalized spacial score (nSPS) is 11.8. The number of sulfone groups is 1. The highest BCUT2D eigenvalue weighted by molar-refractivity contribution is 7.93. The van der Waals surface area contributed by atoms with Crippen LogP contribution in [0.5, 0.6) is 0 Å². The number of hydrogen-bond acceptors (Lipinski definition) is 5.